The molecule has 0 saturated heterocycles. The lowest BCUT2D eigenvalue weighted by molar-refractivity contribution is 0.307. The molecule has 118 valence electrons. The van der Waals surface area contributed by atoms with Crippen LogP contribution in [0.1, 0.15) is 16.7 Å². The van der Waals surface area contributed by atoms with Gasteiger partial charge in [0.15, 0.2) is 0 Å². The van der Waals surface area contributed by atoms with Gasteiger partial charge in [0.05, 0.1) is 5.02 Å². The van der Waals surface area contributed by atoms with Crippen LogP contribution in [0.25, 0.3) is 11.0 Å². The van der Waals surface area contributed by atoms with Crippen LogP contribution in [-0.2, 0) is 6.61 Å². The van der Waals surface area contributed by atoms with Crippen molar-refractivity contribution >= 4 is 38.5 Å². The van der Waals surface area contributed by atoms with Gasteiger partial charge >= 0.3 is 5.63 Å². The average Bonchev–Trinajstić information content (AvgIpc) is 2.50. The van der Waals surface area contributed by atoms with Crippen molar-refractivity contribution in [3.05, 3.63) is 73.0 Å². The minimum absolute atomic E-state index is 0.242. The molecule has 5 heteroatoms. The molecule has 3 nitrogen and oxygen atoms in total. The second-order valence-electron chi connectivity index (χ2n) is 5.34. The Morgan fingerprint density at radius 2 is 1.96 bits per heavy atom. The average molecular weight is 394 g/mol. The van der Waals surface area contributed by atoms with Crippen molar-refractivity contribution < 1.29 is 9.15 Å². The molecule has 0 unspecified atom stereocenters. The number of hydrogen-bond acceptors (Lipinski definition) is 3. The maximum Gasteiger partial charge on any atom is 0.336 e. The summed E-state index contributed by atoms with van der Waals surface area (Å²) in [4.78, 5) is 11.8. The van der Waals surface area contributed by atoms with E-state index in [-0.39, 0.29) is 12.2 Å². The first-order valence-corrected chi connectivity index (χ1v) is 8.23. The van der Waals surface area contributed by atoms with Crippen LogP contribution in [0.4, 0.5) is 0 Å². The van der Waals surface area contributed by atoms with Crippen molar-refractivity contribution in [1.29, 1.82) is 0 Å². The van der Waals surface area contributed by atoms with E-state index < -0.39 is 0 Å². The van der Waals surface area contributed by atoms with Gasteiger partial charge in [0.1, 0.15) is 17.9 Å². The molecule has 0 bridgehead atoms. The van der Waals surface area contributed by atoms with E-state index in [9.17, 15) is 4.79 Å². The highest BCUT2D eigenvalue weighted by Gasteiger charge is 2.11. The van der Waals surface area contributed by atoms with E-state index >= 15 is 0 Å². The molecule has 0 radical (unpaired) electrons. The largest absolute Gasteiger partial charge is 0.487 e. The fourth-order valence-corrected chi connectivity index (χ4v) is 3.12. The fourth-order valence-electron chi connectivity index (χ4n) is 2.39. The molecule has 3 aromatic rings. The molecule has 0 spiro atoms. The smallest absolute Gasteiger partial charge is 0.336 e. The van der Waals surface area contributed by atoms with Crippen molar-refractivity contribution in [2.45, 2.75) is 20.5 Å². The summed E-state index contributed by atoms with van der Waals surface area (Å²) < 4.78 is 12.0. The van der Waals surface area contributed by atoms with Crippen molar-refractivity contribution in [3.63, 3.8) is 0 Å². The maximum absolute atomic E-state index is 11.8. The van der Waals surface area contributed by atoms with Crippen LogP contribution in [0.3, 0.4) is 0 Å². The number of halogens is 2. The number of fused-ring (bicyclic) bond motifs is 1. The first kappa shape index (κ1) is 16.1. The van der Waals surface area contributed by atoms with E-state index in [0.717, 1.165) is 26.5 Å². The molecule has 23 heavy (non-hydrogen) atoms. The first-order chi connectivity index (χ1) is 11.0. The summed E-state index contributed by atoms with van der Waals surface area (Å²) in [5.74, 6) is 0.570. The summed E-state index contributed by atoms with van der Waals surface area (Å²) in [5, 5.41) is 1.39. The van der Waals surface area contributed by atoms with Crippen LogP contribution in [0.5, 0.6) is 5.75 Å². The van der Waals surface area contributed by atoms with Crippen LogP contribution in [0.2, 0.25) is 5.02 Å². The van der Waals surface area contributed by atoms with Crippen LogP contribution >= 0.6 is 27.5 Å². The summed E-state index contributed by atoms with van der Waals surface area (Å²) >= 11 is 9.51. The Kier molecular flexibility index (Phi) is 4.46. The number of aryl methyl sites for hydroxylation is 2. The van der Waals surface area contributed by atoms with Gasteiger partial charge in [0, 0.05) is 21.5 Å². The van der Waals surface area contributed by atoms with Crippen LogP contribution < -0.4 is 10.4 Å². The summed E-state index contributed by atoms with van der Waals surface area (Å²) in [6, 6.07) is 10.8. The van der Waals surface area contributed by atoms with Gasteiger partial charge in [-0.3, -0.25) is 0 Å². The van der Waals surface area contributed by atoms with E-state index in [1.807, 2.05) is 32.0 Å². The molecule has 1 heterocycles. The van der Waals surface area contributed by atoms with E-state index in [1.165, 1.54) is 6.07 Å². The van der Waals surface area contributed by atoms with Crippen LogP contribution in [-0.4, -0.2) is 0 Å². The van der Waals surface area contributed by atoms with Crippen molar-refractivity contribution in [2.24, 2.45) is 0 Å². The lowest BCUT2D eigenvalue weighted by Gasteiger charge is -2.11. The van der Waals surface area contributed by atoms with Gasteiger partial charge in [0.2, 0.25) is 0 Å². The Morgan fingerprint density at radius 1 is 1.17 bits per heavy atom. The third-order valence-corrected chi connectivity index (χ3v) is 4.58. The van der Waals surface area contributed by atoms with Crippen molar-refractivity contribution in [3.8, 4) is 5.75 Å². The van der Waals surface area contributed by atoms with Crippen LogP contribution in [0.15, 0.2) is 50.1 Å². The highest BCUT2D eigenvalue weighted by atomic mass is 79.9. The summed E-state index contributed by atoms with van der Waals surface area (Å²) in [5.41, 5.74) is 3.04. The van der Waals surface area contributed by atoms with Gasteiger partial charge in [-0.1, -0.05) is 39.7 Å². The van der Waals surface area contributed by atoms with Crippen molar-refractivity contribution in [1.82, 2.24) is 0 Å². The minimum atomic E-state index is -0.383. The number of hydrogen-bond donors (Lipinski definition) is 0. The maximum atomic E-state index is 11.8. The summed E-state index contributed by atoms with van der Waals surface area (Å²) in [6.45, 7) is 4.17. The van der Waals surface area contributed by atoms with Gasteiger partial charge < -0.3 is 9.15 Å². The molecule has 0 atom stereocenters. The molecule has 0 aliphatic carbocycles. The fraction of sp³-hybridized carbons (Fsp3) is 0.167. The Balaban J connectivity index is 2.00. The van der Waals surface area contributed by atoms with Gasteiger partial charge in [-0.05, 0) is 43.2 Å². The molecular formula is C18H14BrClO3. The molecule has 0 aliphatic heterocycles. The Labute approximate surface area is 147 Å². The molecule has 0 fully saturated rings. The van der Waals surface area contributed by atoms with Gasteiger partial charge in [-0.2, -0.15) is 0 Å². The monoisotopic (exact) mass is 392 g/mol. The number of rotatable bonds is 3. The van der Waals surface area contributed by atoms with E-state index in [1.54, 1.807) is 12.1 Å². The molecule has 0 amide bonds. The zero-order valence-corrected chi connectivity index (χ0v) is 15.0. The first-order valence-electron chi connectivity index (χ1n) is 7.06. The highest BCUT2D eigenvalue weighted by molar-refractivity contribution is 9.10. The quantitative estimate of drug-likeness (QED) is 0.559. The molecular weight excluding hydrogens is 380 g/mol. The van der Waals surface area contributed by atoms with Gasteiger partial charge in [-0.15, -0.1) is 0 Å². The molecule has 3 rings (SSSR count). The zero-order valence-electron chi connectivity index (χ0n) is 12.7. The number of ether oxygens (including phenoxy) is 1. The Bertz CT molecular complexity index is 947. The SMILES string of the molecule is Cc1ccc2c(COc3ccc(Br)cc3Cl)cc(=O)oc2c1C. The standard InChI is InChI=1S/C18H14BrClO3/c1-10-3-5-14-12(7-17(21)23-18(14)11(10)2)9-22-16-6-4-13(19)8-15(16)20/h3-8H,9H2,1-2H3. The number of benzene rings is 2. The van der Waals surface area contributed by atoms with E-state index in [2.05, 4.69) is 15.9 Å². The highest BCUT2D eigenvalue weighted by Crippen LogP contribution is 2.29. The van der Waals surface area contributed by atoms with Crippen LogP contribution in [0, 0.1) is 13.8 Å². The third kappa shape index (κ3) is 3.28. The zero-order chi connectivity index (χ0) is 16.6. The summed E-state index contributed by atoms with van der Waals surface area (Å²) in [7, 11) is 0. The molecule has 0 saturated carbocycles. The molecule has 2 aromatic carbocycles. The van der Waals surface area contributed by atoms with Crippen molar-refractivity contribution in [2.75, 3.05) is 0 Å². The van der Waals surface area contributed by atoms with E-state index in [4.69, 9.17) is 20.8 Å². The van der Waals surface area contributed by atoms with E-state index in [0.29, 0.717) is 16.4 Å². The van der Waals surface area contributed by atoms with Gasteiger partial charge in [0.25, 0.3) is 0 Å². The second-order valence-corrected chi connectivity index (χ2v) is 6.66. The lowest BCUT2D eigenvalue weighted by atomic mass is 10.0. The predicted octanol–water partition coefficient (Wildman–Crippen LogP) is 5.40. The summed E-state index contributed by atoms with van der Waals surface area (Å²) in [6.07, 6.45) is 0. The molecule has 0 aliphatic rings. The topological polar surface area (TPSA) is 39.4 Å². The molecule has 1 aromatic heterocycles. The molecule has 0 N–H and O–H groups in total. The Morgan fingerprint density at radius 3 is 2.70 bits per heavy atom. The third-order valence-electron chi connectivity index (χ3n) is 3.79. The second kappa shape index (κ2) is 6.38. The predicted molar refractivity (Wildman–Crippen MR) is 95.4 cm³/mol. The van der Waals surface area contributed by atoms with Gasteiger partial charge in [-0.25, -0.2) is 4.79 Å². The minimum Gasteiger partial charge on any atom is -0.487 e. The lowest BCUT2D eigenvalue weighted by Crippen LogP contribution is -2.05. The Hall–Kier alpha value is -1.78. The normalized spacial score (nSPS) is 11.0.